The molecule has 3 rings (SSSR count). The largest absolute Gasteiger partial charge is 0.398 e. The molecule has 0 aliphatic heterocycles. The van der Waals surface area contributed by atoms with Gasteiger partial charge in [-0.1, -0.05) is 46.3 Å². The first kappa shape index (κ1) is 18.9. The number of nitrogen functional groups attached to an aromatic ring is 1. The van der Waals surface area contributed by atoms with Crippen LogP contribution in [0.4, 0.5) is 5.69 Å². The molecule has 1 aliphatic carbocycles. The summed E-state index contributed by atoms with van der Waals surface area (Å²) in [6.07, 6.45) is 4.48. The average molecular weight is 468 g/mol. The number of hydrogen-bond acceptors (Lipinski definition) is 3. The van der Waals surface area contributed by atoms with E-state index in [1.807, 2.05) is 12.1 Å². The first-order chi connectivity index (χ1) is 12.0. The molecule has 1 aliphatic rings. The predicted octanol–water partition coefficient (Wildman–Crippen LogP) is 4.97. The Morgan fingerprint density at radius 3 is 2.44 bits per heavy atom. The minimum Gasteiger partial charge on any atom is -0.398 e. The highest BCUT2D eigenvalue weighted by atomic mass is 79.9. The maximum absolute atomic E-state index is 9.76. The van der Waals surface area contributed by atoms with Crippen molar-refractivity contribution in [3.05, 3.63) is 62.5 Å². The van der Waals surface area contributed by atoms with Crippen molar-refractivity contribution in [1.29, 1.82) is 0 Å². The fourth-order valence-electron chi connectivity index (χ4n) is 3.51. The van der Waals surface area contributed by atoms with Crippen molar-refractivity contribution in [2.75, 3.05) is 5.73 Å². The Kier molecular flexibility index (Phi) is 6.55. The van der Waals surface area contributed by atoms with Crippen molar-refractivity contribution in [2.45, 2.75) is 50.3 Å². The van der Waals surface area contributed by atoms with E-state index < -0.39 is 0 Å². The number of nitrogens with one attached hydrogen (secondary N) is 1. The van der Waals surface area contributed by atoms with Crippen LogP contribution in [0.2, 0.25) is 0 Å². The van der Waals surface area contributed by atoms with Gasteiger partial charge in [0.25, 0.3) is 0 Å². The molecular formula is C20H24Br2N2O. The number of benzene rings is 2. The van der Waals surface area contributed by atoms with Gasteiger partial charge in [0.1, 0.15) is 0 Å². The highest BCUT2D eigenvalue weighted by Crippen LogP contribution is 2.32. The second-order valence-corrected chi connectivity index (χ2v) is 8.57. The van der Waals surface area contributed by atoms with Crippen LogP contribution >= 0.6 is 31.9 Å². The number of aliphatic hydroxyl groups excluding tert-OH is 1. The van der Waals surface area contributed by atoms with Gasteiger partial charge in [-0.25, -0.2) is 0 Å². The number of nitrogens with two attached hydrogens (primary N) is 1. The molecule has 3 nitrogen and oxygen atoms in total. The van der Waals surface area contributed by atoms with Gasteiger partial charge in [-0.05, 0) is 71.3 Å². The van der Waals surface area contributed by atoms with Gasteiger partial charge in [0, 0.05) is 26.7 Å². The lowest BCUT2D eigenvalue weighted by Gasteiger charge is -2.31. The number of anilines is 1. The van der Waals surface area contributed by atoms with Gasteiger partial charge in [0.2, 0.25) is 0 Å². The van der Waals surface area contributed by atoms with Gasteiger partial charge in [0.05, 0.1) is 6.10 Å². The van der Waals surface area contributed by atoms with E-state index in [1.54, 1.807) is 0 Å². The summed E-state index contributed by atoms with van der Waals surface area (Å²) in [5.41, 5.74) is 9.49. The fraction of sp³-hybridized carbons (Fsp3) is 0.400. The molecular weight excluding hydrogens is 444 g/mol. The van der Waals surface area contributed by atoms with E-state index >= 15 is 0 Å². The summed E-state index contributed by atoms with van der Waals surface area (Å²) in [6, 6.07) is 15.2. The molecule has 1 saturated carbocycles. The van der Waals surface area contributed by atoms with Crippen LogP contribution in [-0.2, 0) is 6.42 Å². The molecule has 134 valence electrons. The molecule has 1 fully saturated rings. The first-order valence-electron chi connectivity index (χ1n) is 8.75. The van der Waals surface area contributed by atoms with Crippen molar-refractivity contribution < 1.29 is 5.11 Å². The van der Waals surface area contributed by atoms with Crippen LogP contribution in [0, 0.1) is 0 Å². The minimum absolute atomic E-state index is 0.134. The minimum atomic E-state index is -0.134. The molecule has 4 N–H and O–H groups in total. The second kappa shape index (κ2) is 8.67. The number of aliphatic hydroxyl groups is 1. The van der Waals surface area contributed by atoms with Crippen LogP contribution in [0.5, 0.6) is 0 Å². The molecule has 5 heteroatoms. The van der Waals surface area contributed by atoms with E-state index in [-0.39, 0.29) is 12.1 Å². The SMILES string of the molecule is Nc1c(Br)cc(Br)cc1CC(N[C@H]1CC[C@H](O)CC1)c1ccccc1. The van der Waals surface area contributed by atoms with Crippen molar-refractivity contribution in [3.63, 3.8) is 0 Å². The van der Waals surface area contributed by atoms with Crippen LogP contribution in [0.1, 0.15) is 42.9 Å². The third-order valence-electron chi connectivity index (χ3n) is 4.94. The van der Waals surface area contributed by atoms with E-state index in [9.17, 15) is 5.11 Å². The molecule has 25 heavy (non-hydrogen) atoms. The van der Waals surface area contributed by atoms with Gasteiger partial charge in [-0.15, -0.1) is 0 Å². The summed E-state index contributed by atoms with van der Waals surface area (Å²) in [5.74, 6) is 0. The summed E-state index contributed by atoms with van der Waals surface area (Å²) < 4.78 is 1.95. The predicted molar refractivity (Wildman–Crippen MR) is 111 cm³/mol. The number of halogens is 2. The van der Waals surface area contributed by atoms with Crippen molar-refractivity contribution in [3.8, 4) is 0 Å². The van der Waals surface area contributed by atoms with Crippen LogP contribution in [0.3, 0.4) is 0 Å². The lowest BCUT2D eigenvalue weighted by atomic mass is 9.90. The highest BCUT2D eigenvalue weighted by molar-refractivity contribution is 9.11. The van der Waals surface area contributed by atoms with Gasteiger partial charge >= 0.3 is 0 Å². The van der Waals surface area contributed by atoms with Crippen LogP contribution in [0.25, 0.3) is 0 Å². The standard InChI is InChI=1S/C20H24Br2N2O/c21-15-10-14(20(23)18(22)12-15)11-19(13-4-2-1-3-5-13)24-16-6-8-17(25)9-7-16/h1-5,10,12,16-17,19,24-25H,6-9,11,23H2/t16-,17-,19?. The Labute approximate surface area is 166 Å². The zero-order valence-electron chi connectivity index (χ0n) is 14.1. The maximum Gasteiger partial charge on any atom is 0.0541 e. The van der Waals surface area contributed by atoms with Crippen molar-refractivity contribution >= 4 is 37.5 Å². The monoisotopic (exact) mass is 466 g/mol. The molecule has 0 saturated heterocycles. The molecule has 2 aromatic rings. The summed E-state index contributed by atoms with van der Waals surface area (Å²) >= 11 is 7.11. The summed E-state index contributed by atoms with van der Waals surface area (Å²) in [7, 11) is 0. The number of rotatable bonds is 5. The highest BCUT2D eigenvalue weighted by Gasteiger charge is 2.23. The Morgan fingerprint density at radius 2 is 1.76 bits per heavy atom. The van der Waals surface area contributed by atoms with Gasteiger partial charge in [0.15, 0.2) is 0 Å². The normalized spacial score (nSPS) is 21.9. The Hall–Kier alpha value is -0.880. The second-order valence-electron chi connectivity index (χ2n) is 6.80. The third-order valence-corrected chi connectivity index (χ3v) is 6.05. The lowest BCUT2D eigenvalue weighted by molar-refractivity contribution is 0.114. The molecule has 0 amide bonds. The quantitative estimate of drug-likeness (QED) is 0.544. The van der Waals surface area contributed by atoms with E-state index in [1.165, 1.54) is 5.56 Å². The van der Waals surface area contributed by atoms with Crippen LogP contribution < -0.4 is 11.1 Å². The smallest absolute Gasteiger partial charge is 0.0541 e. The van der Waals surface area contributed by atoms with Gasteiger partial charge < -0.3 is 16.2 Å². The molecule has 1 atom stereocenters. The van der Waals surface area contributed by atoms with E-state index in [2.05, 4.69) is 67.5 Å². The average Bonchev–Trinajstić information content (AvgIpc) is 2.61. The molecule has 0 radical (unpaired) electrons. The van der Waals surface area contributed by atoms with Gasteiger partial charge in [-0.2, -0.15) is 0 Å². The zero-order chi connectivity index (χ0) is 17.8. The Balaban J connectivity index is 1.82. The lowest BCUT2D eigenvalue weighted by Crippen LogP contribution is -2.38. The van der Waals surface area contributed by atoms with Crippen molar-refractivity contribution in [1.82, 2.24) is 5.32 Å². The van der Waals surface area contributed by atoms with Crippen LogP contribution in [0.15, 0.2) is 51.4 Å². The first-order valence-corrected chi connectivity index (χ1v) is 10.3. The van der Waals surface area contributed by atoms with Crippen LogP contribution in [-0.4, -0.2) is 17.3 Å². The summed E-state index contributed by atoms with van der Waals surface area (Å²) in [4.78, 5) is 0. The summed E-state index contributed by atoms with van der Waals surface area (Å²) in [6.45, 7) is 0. The zero-order valence-corrected chi connectivity index (χ0v) is 17.3. The molecule has 0 spiro atoms. The Bertz CT molecular complexity index is 700. The Morgan fingerprint density at radius 1 is 1.08 bits per heavy atom. The van der Waals surface area contributed by atoms with E-state index in [4.69, 9.17) is 5.73 Å². The molecule has 2 aromatic carbocycles. The van der Waals surface area contributed by atoms with E-state index in [0.717, 1.165) is 52.3 Å². The fourth-order valence-corrected chi connectivity index (χ4v) is 4.83. The molecule has 0 aromatic heterocycles. The van der Waals surface area contributed by atoms with Crippen molar-refractivity contribution in [2.24, 2.45) is 0 Å². The third kappa shape index (κ3) is 5.07. The maximum atomic E-state index is 9.76. The number of hydrogen-bond donors (Lipinski definition) is 3. The molecule has 1 unspecified atom stereocenters. The molecule has 0 heterocycles. The molecule has 0 bridgehead atoms. The van der Waals surface area contributed by atoms with Gasteiger partial charge in [-0.3, -0.25) is 0 Å². The van der Waals surface area contributed by atoms with E-state index in [0.29, 0.717) is 6.04 Å². The topological polar surface area (TPSA) is 58.3 Å². The summed E-state index contributed by atoms with van der Waals surface area (Å²) in [5, 5.41) is 13.6.